The summed E-state index contributed by atoms with van der Waals surface area (Å²) < 4.78 is 33.4. The molecular formula is C12H13F2N3O2. The predicted octanol–water partition coefficient (Wildman–Crippen LogP) is 1.36. The highest BCUT2D eigenvalue weighted by Gasteiger charge is 2.18. The standard InChI is InChI=1S/C12H13F2N3O2/c1-19-6-5-17-10(7-18)15-16-12(17)8-3-2-4-9(13)11(8)14/h2-4,18H,5-7H2,1H3. The molecule has 0 radical (unpaired) electrons. The van der Waals surface area contributed by atoms with E-state index >= 15 is 0 Å². The monoisotopic (exact) mass is 269 g/mol. The van der Waals surface area contributed by atoms with E-state index in [9.17, 15) is 8.78 Å². The number of ether oxygens (including phenoxy) is 1. The lowest BCUT2D eigenvalue weighted by molar-refractivity contribution is 0.183. The van der Waals surface area contributed by atoms with E-state index in [4.69, 9.17) is 9.84 Å². The highest BCUT2D eigenvalue weighted by molar-refractivity contribution is 5.56. The first-order valence-electron chi connectivity index (χ1n) is 5.65. The molecule has 0 unspecified atom stereocenters. The fourth-order valence-corrected chi connectivity index (χ4v) is 1.75. The van der Waals surface area contributed by atoms with Crippen molar-refractivity contribution in [2.45, 2.75) is 13.2 Å². The molecule has 0 spiro atoms. The Bertz CT molecular complexity index is 572. The maximum absolute atomic E-state index is 13.8. The van der Waals surface area contributed by atoms with E-state index in [1.165, 1.54) is 23.8 Å². The molecule has 1 N–H and O–H groups in total. The van der Waals surface area contributed by atoms with Gasteiger partial charge in [0, 0.05) is 13.7 Å². The van der Waals surface area contributed by atoms with E-state index in [1.54, 1.807) is 0 Å². The number of aromatic nitrogens is 3. The van der Waals surface area contributed by atoms with Crippen LogP contribution in [0.2, 0.25) is 0 Å². The quantitative estimate of drug-likeness (QED) is 0.890. The van der Waals surface area contributed by atoms with Crippen LogP contribution in [0.15, 0.2) is 18.2 Å². The van der Waals surface area contributed by atoms with Crippen LogP contribution in [-0.4, -0.2) is 33.6 Å². The first kappa shape index (κ1) is 13.6. The van der Waals surface area contributed by atoms with Crippen molar-refractivity contribution in [2.24, 2.45) is 0 Å². The molecule has 2 aromatic rings. The molecule has 2 rings (SSSR count). The Morgan fingerprint density at radius 2 is 2.11 bits per heavy atom. The molecule has 0 aliphatic carbocycles. The molecule has 102 valence electrons. The third kappa shape index (κ3) is 2.61. The van der Waals surface area contributed by atoms with E-state index in [-0.39, 0.29) is 23.8 Å². The fourth-order valence-electron chi connectivity index (χ4n) is 1.75. The number of rotatable bonds is 5. The Balaban J connectivity index is 2.49. The lowest BCUT2D eigenvalue weighted by Crippen LogP contribution is -2.10. The van der Waals surface area contributed by atoms with Crippen molar-refractivity contribution in [1.82, 2.24) is 14.8 Å². The van der Waals surface area contributed by atoms with Gasteiger partial charge in [-0.2, -0.15) is 0 Å². The lowest BCUT2D eigenvalue weighted by Gasteiger charge is -2.09. The van der Waals surface area contributed by atoms with Crippen molar-refractivity contribution in [3.05, 3.63) is 35.7 Å². The van der Waals surface area contributed by atoms with Gasteiger partial charge < -0.3 is 14.4 Å². The zero-order valence-corrected chi connectivity index (χ0v) is 10.3. The Hall–Kier alpha value is -1.86. The van der Waals surface area contributed by atoms with Gasteiger partial charge in [-0.3, -0.25) is 0 Å². The number of methoxy groups -OCH3 is 1. The van der Waals surface area contributed by atoms with Crippen molar-refractivity contribution < 1.29 is 18.6 Å². The van der Waals surface area contributed by atoms with Crippen LogP contribution in [0.4, 0.5) is 8.78 Å². The van der Waals surface area contributed by atoms with Crippen LogP contribution in [0.5, 0.6) is 0 Å². The van der Waals surface area contributed by atoms with Gasteiger partial charge in [0.15, 0.2) is 23.3 Å². The maximum atomic E-state index is 13.8. The van der Waals surface area contributed by atoms with E-state index < -0.39 is 11.6 Å². The molecule has 1 aromatic heterocycles. The average Bonchev–Trinajstić information content (AvgIpc) is 2.82. The van der Waals surface area contributed by atoms with Crippen LogP contribution >= 0.6 is 0 Å². The molecule has 1 aromatic carbocycles. The van der Waals surface area contributed by atoms with Gasteiger partial charge in [0.1, 0.15) is 6.61 Å². The zero-order chi connectivity index (χ0) is 13.8. The molecule has 0 fully saturated rings. The minimum atomic E-state index is -0.988. The summed E-state index contributed by atoms with van der Waals surface area (Å²) in [5, 5.41) is 16.7. The highest BCUT2D eigenvalue weighted by Crippen LogP contribution is 2.23. The predicted molar refractivity (Wildman–Crippen MR) is 63.2 cm³/mol. The number of aliphatic hydroxyl groups is 1. The van der Waals surface area contributed by atoms with Crippen LogP contribution in [-0.2, 0) is 17.9 Å². The molecule has 0 atom stereocenters. The van der Waals surface area contributed by atoms with Crippen LogP contribution in [0.3, 0.4) is 0 Å². The summed E-state index contributed by atoms with van der Waals surface area (Å²) in [4.78, 5) is 0. The number of halogens is 2. The minimum Gasteiger partial charge on any atom is -0.388 e. The number of hydrogen-bond acceptors (Lipinski definition) is 4. The van der Waals surface area contributed by atoms with Gasteiger partial charge >= 0.3 is 0 Å². The van der Waals surface area contributed by atoms with Gasteiger partial charge in [-0.1, -0.05) is 6.07 Å². The molecule has 7 heteroatoms. The number of hydrogen-bond donors (Lipinski definition) is 1. The van der Waals surface area contributed by atoms with Crippen LogP contribution in [0.25, 0.3) is 11.4 Å². The number of nitrogens with zero attached hydrogens (tertiary/aromatic N) is 3. The van der Waals surface area contributed by atoms with Crippen molar-refractivity contribution in [3.8, 4) is 11.4 Å². The smallest absolute Gasteiger partial charge is 0.169 e. The van der Waals surface area contributed by atoms with Crippen molar-refractivity contribution >= 4 is 0 Å². The Morgan fingerprint density at radius 3 is 2.79 bits per heavy atom. The Morgan fingerprint density at radius 1 is 1.32 bits per heavy atom. The first-order chi connectivity index (χ1) is 9.19. The molecule has 5 nitrogen and oxygen atoms in total. The Kier molecular flexibility index (Phi) is 4.18. The van der Waals surface area contributed by atoms with Crippen molar-refractivity contribution in [1.29, 1.82) is 0 Å². The van der Waals surface area contributed by atoms with Crippen LogP contribution in [0.1, 0.15) is 5.82 Å². The van der Waals surface area contributed by atoms with Crippen molar-refractivity contribution in [2.75, 3.05) is 13.7 Å². The fraction of sp³-hybridized carbons (Fsp3) is 0.333. The van der Waals surface area contributed by atoms with Gasteiger partial charge in [-0.15, -0.1) is 10.2 Å². The molecule has 19 heavy (non-hydrogen) atoms. The summed E-state index contributed by atoms with van der Waals surface area (Å²) in [6, 6.07) is 3.83. The minimum absolute atomic E-state index is 0.00306. The molecule has 0 amide bonds. The van der Waals surface area contributed by atoms with E-state index in [0.29, 0.717) is 13.2 Å². The maximum Gasteiger partial charge on any atom is 0.169 e. The van der Waals surface area contributed by atoms with Gasteiger partial charge in [-0.05, 0) is 12.1 Å². The van der Waals surface area contributed by atoms with Crippen LogP contribution < -0.4 is 0 Å². The lowest BCUT2D eigenvalue weighted by atomic mass is 10.2. The Labute approximate surface area is 108 Å². The molecule has 0 aliphatic rings. The molecule has 1 heterocycles. The number of aliphatic hydroxyl groups excluding tert-OH is 1. The molecule has 0 saturated heterocycles. The SMILES string of the molecule is COCCn1c(CO)nnc1-c1cccc(F)c1F. The number of benzene rings is 1. The summed E-state index contributed by atoms with van der Waals surface area (Å²) in [7, 11) is 1.52. The van der Waals surface area contributed by atoms with Gasteiger partial charge in [0.2, 0.25) is 0 Å². The molecule has 0 bridgehead atoms. The second kappa shape index (κ2) is 5.85. The second-order valence-corrected chi connectivity index (χ2v) is 3.84. The largest absolute Gasteiger partial charge is 0.388 e. The van der Waals surface area contributed by atoms with E-state index in [1.807, 2.05) is 0 Å². The topological polar surface area (TPSA) is 60.2 Å². The van der Waals surface area contributed by atoms with Crippen LogP contribution in [0, 0.1) is 11.6 Å². The molecule has 0 aliphatic heterocycles. The summed E-state index contributed by atoms with van der Waals surface area (Å²) in [6.07, 6.45) is 0. The summed E-state index contributed by atoms with van der Waals surface area (Å²) in [5.41, 5.74) is 0.00306. The van der Waals surface area contributed by atoms with Gasteiger partial charge in [-0.25, -0.2) is 8.78 Å². The van der Waals surface area contributed by atoms with E-state index in [2.05, 4.69) is 10.2 Å². The normalized spacial score (nSPS) is 10.9. The highest BCUT2D eigenvalue weighted by atomic mass is 19.2. The van der Waals surface area contributed by atoms with Gasteiger partial charge in [0.05, 0.1) is 12.2 Å². The average molecular weight is 269 g/mol. The third-order valence-electron chi connectivity index (χ3n) is 2.68. The first-order valence-corrected chi connectivity index (χ1v) is 5.65. The van der Waals surface area contributed by atoms with Gasteiger partial charge in [0.25, 0.3) is 0 Å². The second-order valence-electron chi connectivity index (χ2n) is 3.84. The molecular weight excluding hydrogens is 256 g/mol. The molecule has 0 saturated carbocycles. The summed E-state index contributed by atoms with van der Waals surface area (Å²) in [6.45, 7) is 0.341. The zero-order valence-electron chi connectivity index (χ0n) is 10.3. The van der Waals surface area contributed by atoms with Crippen molar-refractivity contribution in [3.63, 3.8) is 0 Å². The third-order valence-corrected chi connectivity index (χ3v) is 2.68. The summed E-state index contributed by atoms with van der Waals surface area (Å²) in [5.74, 6) is -1.50. The van der Waals surface area contributed by atoms with E-state index in [0.717, 1.165) is 6.07 Å². The summed E-state index contributed by atoms with van der Waals surface area (Å²) >= 11 is 0.